The largest absolute Gasteiger partial charge is 0.324 e. The van der Waals surface area contributed by atoms with Crippen molar-refractivity contribution in [3.05, 3.63) is 64.5 Å². The van der Waals surface area contributed by atoms with Crippen LogP contribution in [0.3, 0.4) is 0 Å². The van der Waals surface area contributed by atoms with Crippen LogP contribution < -0.4 is 5.32 Å². The lowest BCUT2D eigenvalue weighted by Gasteiger charge is -2.25. The smallest absolute Gasteiger partial charge is 0.241 e. The summed E-state index contributed by atoms with van der Waals surface area (Å²) in [5.41, 5.74) is 5.30. The van der Waals surface area contributed by atoms with E-state index >= 15 is 0 Å². The van der Waals surface area contributed by atoms with E-state index in [4.69, 9.17) is 0 Å². The van der Waals surface area contributed by atoms with Gasteiger partial charge in [-0.2, -0.15) is 0 Å². The third-order valence-corrected chi connectivity index (χ3v) is 4.63. The average molecular weight is 342 g/mol. The molecule has 0 spiro atoms. The van der Waals surface area contributed by atoms with Crippen LogP contribution in [0.5, 0.6) is 0 Å². The second-order valence-electron chi connectivity index (χ2n) is 6.80. The van der Waals surface area contributed by atoms with Crippen LogP contribution in [-0.2, 0) is 11.2 Å². The molecule has 2 rings (SSSR count). The molecule has 134 valence electrons. The summed E-state index contributed by atoms with van der Waals surface area (Å²) in [6.45, 7) is 8.71. The van der Waals surface area contributed by atoms with E-state index in [1.54, 1.807) is 12.1 Å². The lowest BCUT2D eigenvalue weighted by molar-refractivity contribution is -0.120. The van der Waals surface area contributed by atoms with Gasteiger partial charge >= 0.3 is 0 Å². The van der Waals surface area contributed by atoms with E-state index in [1.807, 2.05) is 32.7 Å². The van der Waals surface area contributed by atoms with Crippen LogP contribution in [0.25, 0.3) is 0 Å². The molecule has 0 bridgehead atoms. The minimum atomic E-state index is -0.249. The fourth-order valence-electron chi connectivity index (χ4n) is 2.96. The standard InChI is InChI=1S/C21H27FN2O/c1-14-12-15(2)20(16(3)13-14)23-21(25)17(4)24(5)11-10-18-6-8-19(22)9-7-18/h6-9,12-13,17H,10-11H2,1-5H3,(H,23,25). The Bertz CT molecular complexity index is 717. The quantitative estimate of drug-likeness (QED) is 0.851. The molecule has 1 atom stereocenters. The van der Waals surface area contributed by atoms with Crippen LogP contribution >= 0.6 is 0 Å². The lowest BCUT2D eigenvalue weighted by atomic mass is 10.0. The van der Waals surface area contributed by atoms with E-state index in [2.05, 4.69) is 24.4 Å². The number of amides is 1. The summed E-state index contributed by atoms with van der Waals surface area (Å²) >= 11 is 0. The van der Waals surface area contributed by atoms with Gasteiger partial charge in [-0.15, -0.1) is 0 Å². The van der Waals surface area contributed by atoms with Crippen LogP contribution in [0.1, 0.15) is 29.2 Å². The van der Waals surface area contributed by atoms with E-state index in [0.717, 1.165) is 35.3 Å². The molecule has 0 radical (unpaired) electrons. The zero-order valence-electron chi connectivity index (χ0n) is 15.7. The maximum absolute atomic E-state index is 13.0. The first-order valence-corrected chi connectivity index (χ1v) is 8.61. The fraction of sp³-hybridized carbons (Fsp3) is 0.381. The number of aryl methyl sites for hydroxylation is 3. The number of anilines is 1. The highest BCUT2D eigenvalue weighted by atomic mass is 19.1. The van der Waals surface area contributed by atoms with Gasteiger partial charge in [0.1, 0.15) is 5.82 Å². The van der Waals surface area contributed by atoms with Crippen LogP contribution in [0.15, 0.2) is 36.4 Å². The molecule has 0 heterocycles. The van der Waals surface area contributed by atoms with Gasteiger partial charge in [0, 0.05) is 12.2 Å². The van der Waals surface area contributed by atoms with E-state index < -0.39 is 0 Å². The zero-order chi connectivity index (χ0) is 18.6. The second kappa shape index (κ2) is 8.26. The van der Waals surface area contributed by atoms with Crippen LogP contribution in [0.2, 0.25) is 0 Å². The Labute approximate surface area is 149 Å². The second-order valence-corrected chi connectivity index (χ2v) is 6.80. The first-order chi connectivity index (χ1) is 11.8. The van der Waals surface area contributed by atoms with Gasteiger partial charge in [0.15, 0.2) is 0 Å². The van der Waals surface area contributed by atoms with Gasteiger partial charge in [0.25, 0.3) is 0 Å². The van der Waals surface area contributed by atoms with Gasteiger partial charge in [0.05, 0.1) is 6.04 Å². The molecular weight excluding hydrogens is 315 g/mol. The Morgan fingerprint density at radius 3 is 2.24 bits per heavy atom. The maximum Gasteiger partial charge on any atom is 0.241 e. The summed E-state index contributed by atoms with van der Waals surface area (Å²) in [5, 5.41) is 3.06. The SMILES string of the molecule is Cc1cc(C)c(NC(=O)C(C)N(C)CCc2ccc(F)cc2)c(C)c1. The van der Waals surface area contributed by atoms with Crippen molar-refractivity contribution in [1.82, 2.24) is 4.90 Å². The van der Waals surface area contributed by atoms with Gasteiger partial charge < -0.3 is 5.32 Å². The minimum absolute atomic E-state index is 0.0170. The van der Waals surface area contributed by atoms with Gasteiger partial charge in [-0.25, -0.2) is 4.39 Å². The summed E-state index contributed by atoms with van der Waals surface area (Å²) in [4.78, 5) is 14.6. The van der Waals surface area contributed by atoms with Crippen LogP contribution in [-0.4, -0.2) is 30.4 Å². The molecule has 0 aromatic heterocycles. The topological polar surface area (TPSA) is 32.3 Å². The fourth-order valence-corrected chi connectivity index (χ4v) is 2.96. The van der Waals surface area contributed by atoms with Crippen molar-refractivity contribution in [1.29, 1.82) is 0 Å². The van der Waals surface area contributed by atoms with Crippen LogP contribution in [0, 0.1) is 26.6 Å². The zero-order valence-corrected chi connectivity index (χ0v) is 15.7. The van der Waals surface area contributed by atoms with Gasteiger partial charge in [-0.05, 0) is 70.0 Å². The molecule has 1 N–H and O–H groups in total. The summed E-state index contributed by atoms with van der Waals surface area (Å²) in [5.74, 6) is -0.245. The van der Waals surface area contributed by atoms with Crippen molar-refractivity contribution < 1.29 is 9.18 Å². The Morgan fingerprint density at radius 2 is 1.68 bits per heavy atom. The molecule has 4 heteroatoms. The number of carbonyl (C=O) groups excluding carboxylic acids is 1. The van der Waals surface area contributed by atoms with E-state index in [1.165, 1.54) is 17.7 Å². The molecule has 1 amide bonds. The first-order valence-electron chi connectivity index (χ1n) is 8.61. The summed E-state index contributed by atoms with van der Waals surface area (Å²) in [6.07, 6.45) is 0.775. The number of nitrogens with one attached hydrogen (secondary N) is 1. The highest BCUT2D eigenvalue weighted by Crippen LogP contribution is 2.22. The first kappa shape index (κ1) is 19.1. The molecule has 1 unspecified atom stereocenters. The minimum Gasteiger partial charge on any atom is -0.324 e. The van der Waals surface area contributed by atoms with Crippen molar-refractivity contribution in [2.75, 3.05) is 18.9 Å². The van der Waals surface area contributed by atoms with Crippen LogP contribution in [0.4, 0.5) is 10.1 Å². The van der Waals surface area contributed by atoms with Crippen molar-refractivity contribution in [3.8, 4) is 0 Å². The molecule has 0 aliphatic carbocycles. The maximum atomic E-state index is 13.0. The number of hydrogen-bond acceptors (Lipinski definition) is 2. The lowest BCUT2D eigenvalue weighted by Crippen LogP contribution is -2.40. The Hall–Kier alpha value is -2.20. The Kier molecular flexibility index (Phi) is 6.32. The highest BCUT2D eigenvalue weighted by molar-refractivity contribution is 5.95. The van der Waals surface area contributed by atoms with Crippen molar-refractivity contribution in [2.45, 2.75) is 40.2 Å². The number of hydrogen-bond donors (Lipinski definition) is 1. The van der Waals surface area contributed by atoms with Crippen molar-refractivity contribution >= 4 is 11.6 Å². The normalized spacial score (nSPS) is 12.3. The predicted molar refractivity (Wildman–Crippen MR) is 101 cm³/mol. The van der Waals surface area contributed by atoms with Gasteiger partial charge in [-0.3, -0.25) is 9.69 Å². The molecule has 0 fully saturated rings. The third kappa shape index (κ3) is 5.13. The Balaban J connectivity index is 1.96. The number of benzene rings is 2. The third-order valence-electron chi connectivity index (χ3n) is 4.63. The van der Waals surface area contributed by atoms with Gasteiger partial charge in [0.2, 0.25) is 5.91 Å². The molecule has 0 aliphatic rings. The summed E-state index contributed by atoms with van der Waals surface area (Å²) in [6, 6.07) is 10.4. The number of halogens is 1. The predicted octanol–water partition coefficient (Wildman–Crippen LogP) is 4.25. The molecule has 3 nitrogen and oxygen atoms in total. The van der Waals surface area contributed by atoms with Crippen molar-refractivity contribution in [3.63, 3.8) is 0 Å². The molecule has 25 heavy (non-hydrogen) atoms. The molecule has 2 aromatic carbocycles. The highest BCUT2D eigenvalue weighted by Gasteiger charge is 2.19. The number of likely N-dealkylation sites (N-methyl/N-ethyl adjacent to an activating group) is 1. The van der Waals surface area contributed by atoms with Crippen molar-refractivity contribution in [2.24, 2.45) is 0 Å². The van der Waals surface area contributed by atoms with E-state index in [0.29, 0.717) is 0 Å². The summed E-state index contributed by atoms with van der Waals surface area (Å²) < 4.78 is 13.0. The molecule has 0 aliphatic heterocycles. The number of nitrogens with zero attached hydrogens (tertiary/aromatic N) is 1. The average Bonchev–Trinajstić information content (AvgIpc) is 2.56. The Morgan fingerprint density at radius 1 is 1.12 bits per heavy atom. The van der Waals surface area contributed by atoms with E-state index in [-0.39, 0.29) is 17.8 Å². The summed E-state index contributed by atoms with van der Waals surface area (Å²) in [7, 11) is 1.93. The number of rotatable bonds is 6. The molecular formula is C21H27FN2O. The van der Waals surface area contributed by atoms with Gasteiger partial charge in [-0.1, -0.05) is 29.8 Å². The number of carbonyl (C=O) groups is 1. The van der Waals surface area contributed by atoms with E-state index in [9.17, 15) is 9.18 Å². The molecule has 2 aromatic rings. The molecule has 0 saturated heterocycles. The molecule has 0 saturated carbocycles. The monoisotopic (exact) mass is 342 g/mol.